The van der Waals surface area contributed by atoms with Gasteiger partial charge in [0.2, 0.25) is 18.6 Å². The van der Waals surface area contributed by atoms with Crippen LogP contribution in [0.5, 0.6) is 11.5 Å². The largest absolute Gasteiger partial charge is 0.454 e. The molecule has 6 nitrogen and oxygen atoms in total. The number of carbonyl (C=O) groups excluding carboxylic acids is 2. The highest BCUT2D eigenvalue weighted by Gasteiger charge is 2.26. The van der Waals surface area contributed by atoms with Crippen LogP contribution in [-0.4, -0.2) is 35.6 Å². The zero-order valence-corrected chi connectivity index (χ0v) is 17.9. The highest BCUT2D eigenvalue weighted by atomic mass is 16.7. The molecule has 0 bridgehead atoms. The molecule has 1 aliphatic rings. The van der Waals surface area contributed by atoms with E-state index >= 15 is 0 Å². The number of rotatable bonds is 9. The predicted octanol–water partition coefficient (Wildman–Crippen LogP) is 3.68. The van der Waals surface area contributed by atoms with E-state index in [9.17, 15) is 9.59 Å². The number of fused-ring (bicyclic) bond motifs is 1. The van der Waals surface area contributed by atoms with Gasteiger partial charge in [-0.05, 0) is 49.9 Å². The first-order chi connectivity index (χ1) is 14.5. The number of aryl methyl sites for hydroxylation is 1. The molecule has 1 heterocycles. The van der Waals surface area contributed by atoms with Gasteiger partial charge in [0.05, 0.1) is 0 Å². The Kier molecular flexibility index (Phi) is 7.33. The number of hydrogen-bond acceptors (Lipinski definition) is 4. The fourth-order valence-corrected chi connectivity index (χ4v) is 3.32. The smallest absolute Gasteiger partial charge is 0.242 e. The van der Waals surface area contributed by atoms with E-state index in [-0.39, 0.29) is 24.6 Å². The van der Waals surface area contributed by atoms with Crippen molar-refractivity contribution in [2.75, 3.05) is 6.79 Å². The third-order valence-electron chi connectivity index (χ3n) is 5.43. The van der Waals surface area contributed by atoms with Gasteiger partial charge in [0.1, 0.15) is 6.04 Å². The summed E-state index contributed by atoms with van der Waals surface area (Å²) < 4.78 is 10.8. The minimum atomic E-state index is -0.552. The standard InChI is InChI=1S/C24H30N2O4/c1-4-17(2)25-24(28)18(3)26(15-20-8-6-5-7-9-20)23(27)13-11-19-10-12-21-22(14-19)30-16-29-21/h5-10,12,14,17-18H,4,11,13,15-16H2,1-3H3,(H,25,28)/t17-,18+/m1/s1. The number of carbonyl (C=O) groups is 2. The van der Waals surface area contributed by atoms with E-state index in [2.05, 4.69) is 5.32 Å². The van der Waals surface area contributed by atoms with Gasteiger partial charge in [0, 0.05) is 19.0 Å². The molecule has 30 heavy (non-hydrogen) atoms. The summed E-state index contributed by atoms with van der Waals surface area (Å²) in [5.74, 6) is 1.26. The van der Waals surface area contributed by atoms with E-state index in [4.69, 9.17) is 9.47 Å². The molecule has 6 heteroatoms. The SMILES string of the molecule is CC[C@@H](C)NC(=O)[C@H](C)N(Cc1ccccc1)C(=O)CCc1ccc2c(c1)OCO2. The van der Waals surface area contributed by atoms with Gasteiger partial charge >= 0.3 is 0 Å². The lowest BCUT2D eigenvalue weighted by molar-refractivity contribution is -0.140. The van der Waals surface area contributed by atoms with E-state index in [1.54, 1.807) is 11.8 Å². The molecule has 0 unspecified atom stereocenters. The fourth-order valence-electron chi connectivity index (χ4n) is 3.32. The maximum absolute atomic E-state index is 13.1. The Balaban J connectivity index is 1.69. The van der Waals surface area contributed by atoms with Crippen molar-refractivity contribution in [3.8, 4) is 11.5 Å². The molecule has 1 N–H and O–H groups in total. The predicted molar refractivity (Wildman–Crippen MR) is 115 cm³/mol. The van der Waals surface area contributed by atoms with Gasteiger partial charge in [-0.2, -0.15) is 0 Å². The molecule has 0 saturated carbocycles. The summed E-state index contributed by atoms with van der Waals surface area (Å²) in [6.07, 6.45) is 1.73. The third-order valence-corrected chi connectivity index (χ3v) is 5.43. The van der Waals surface area contributed by atoms with Crippen LogP contribution in [0.1, 0.15) is 44.7 Å². The Bertz CT molecular complexity index is 869. The molecule has 2 atom stereocenters. The zero-order chi connectivity index (χ0) is 21.5. The summed E-state index contributed by atoms with van der Waals surface area (Å²) in [6, 6.07) is 15.0. The van der Waals surface area contributed by atoms with Gasteiger partial charge < -0.3 is 19.7 Å². The molecule has 2 amide bonds. The van der Waals surface area contributed by atoms with Crippen molar-refractivity contribution < 1.29 is 19.1 Å². The van der Waals surface area contributed by atoms with Crippen molar-refractivity contribution in [2.24, 2.45) is 0 Å². The molecule has 2 aromatic rings. The minimum absolute atomic E-state index is 0.0525. The fraction of sp³-hybridized carbons (Fsp3) is 0.417. The zero-order valence-electron chi connectivity index (χ0n) is 17.9. The quantitative estimate of drug-likeness (QED) is 0.685. The van der Waals surface area contributed by atoms with Gasteiger partial charge in [-0.1, -0.05) is 43.3 Å². The molecule has 0 aromatic heterocycles. The Morgan fingerprint density at radius 2 is 1.77 bits per heavy atom. The van der Waals surface area contributed by atoms with Crippen molar-refractivity contribution in [1.82, 2.24) is 10.2 Å². The number of nitrogens with one attached hydrogen (secondary N) is 1. The minimum Gasteiger partial charge on any atom is -0.454 e. The second-order valence-electron chi connectivity index (χ2n) is 7.69. The summed E-state index contributed by atoms with van der Waals surface area (Å²) in [5.41, 5.74) is 2.00. The van der Waals surface area contributed by atoms with Crippen LogP contribution < -0.4 is 14.8 Å². The summed E-state index contributed by atoms with van der Waals surface area (Å²) in [7, 11) is 0. The second-order valence-corrected chi connectivity index (χ2v) is 7.69. The van der Waals surface area contributed by atoms with Gasteiger partial charge in [-0.3, -0.25) is 9.59 Å². The van der Waals surface area contributed by atoms with Crippen LogP contribution in [0, 0.1) is 0 Å². The van der Waals surface area contributed by atoms with Crippen molar-refractivity contribution >= 4 is 11.8 Å². The monoisotopic (exact) mass is 410 g/mol. The van der Waals surface area contributed by atoms with E-state index < -0.39 is 6.04 Å². The van der Waals surface area contributed by atoms with Crippen LogP contribution in [0.3, 0.4) is 0 Å². The average molecular weight is 411 g/mol. The number of hydrogen-bond donors (Lipinski definition) is 1. The molecule has 1 aliphatic heterocycles. The van der Waals surface area contributed by atoms with Crippen LogP contribution in [0.15, 0.2) is 48.5 Å². The molecule has 0 spiro atoms. The summed E-state index contributed by atoms with van der Waals surface area (Å²) in [5, 5.41) is 2.99. The number of benzene rings is 2. The van der Waals surface area contributed by atoms with E-state index in [1.807, 2.05) is 62.4 Å². The van der Waals surface area contributed by atoms with Crippen LogP contribution in [-0.2, 0) is 22.6 Å². The van der Waals surface area contributed by atoms with E-state index in [0.29, 0.717) is 25.1 Å². The lowest BCUT2D eigenvalue weighted by atomic mass is 10.1. The number of ether oxygens (including phenoxy) is 2. The molecular formula is C24H30N2O4. The molecule has 160 valence electrons. The molecule has 0 fully saturated rings. The normalized spacial score (nSPS) is 14.1. The molecule has 0 aliphatic carbocycles. The first-order valence-corrected chi connectivity index (χ1v) is 10.5. The third kappa shape index (κ3) is 5.53. The molecule has 3 rings (SSSR count). The van der Waals surface area contributed by atoms with Crippen LogP contribution in [0.25, 0.3) is 0 Å². The van der Waals surface area contributed by atoms with E-state index in [1.165, 1.54) is 0 Å². The maximum atomic E-state index is 13.1. The van der Waals surface area contributed by atoms with Crippen molar-refractivity contribution in [3.63, 3.8) is 0 Å². The van der Waals surface area contributed by atoms with Gasteiger partial charge in [0.15, 0.2) is 11.5 Å². The number of nitrogens with zero attached hydrogens (tertiary/aromatic N) is 1. The highest BCUT2D eigenvalue weighted by Crippen LogP contribution is 2.32. The Hall–Kier alpha value is -3.02. The molecular weight excluding hydrogens is 380 g/mol. The number of amides is 2. The lowest BCUT2D eigenvalue weighted by Crippen LogP contribution is -2.49. The summed E-state index contributed by atoms with van der Waals surface area (Å²) in [4.78, 5) is 27.5. The van der Waals surface area contributed by atoms with Gasteiger partial charge in [-0.15, -0.1) is 0 Å². The van der Waals surface area contributed by atoms with Gasteiger partial charge in [-0.25, -0.2) is 0 Å². The average Bonchev–Trinajstić information content (AvgIpc) is 3.23. The molecule has 0 radical (unpaired) electrons. The van der Waals surface area contributed by atoms with E-state index in [0.717, 1.165) is 23.3 Å². The highest BCUT2D eigenvalue weighted by molar-refractivity contribution is 5.87. The first-order valence-electron chi connectivity index (χ1n) is 10.5. The van der Waals surface area contributed by atoms with Crippen molar-refractivity contribution in [2.45, 2.75) is 58.7 Å². The second kappa shape index (κ2) is 10.1. The summed E-state index contributed by atoms with van der Waals surface area (Å²) in [6.45, 7) is 6.40. The van der Waals surface area contributed by atoms with Crippen molar-refractivity contribution in [3.05, 3.63) is 59.7 Å². The molecule has 0 saturated heterocycles. The molecule has 2 aromatic carbocycles. The van der Waals surface area contributed by atoms with Crippen molar-refractivity contribution in [1.29, 1.82) is 0 Å². The first kappa shape index (κ1) is 21.7. The Morgan fingerprint density at radius 3 is 2.50 bits per heavy atom. The van der Waals surface area contributed by atoms with Crippen LogP contribution in [0.4, 0.5) is 0 Å². The maximum Gasteiger partial charge on any atom is 0.242 e. The Labute approximate surface area is 178 Å². The topological polar surface area (TPSA) is 67.9 Å². The van der Waals surface area contributed by atoms with Gasteiger partial charge in [0.25, 0.3) is 0 Å². The lowest BCUT2D eigenvalue weighted by Gasteiger charge is -2.29. The summed E-state index contributed by atoms with van der Waals surface area (Å²) >= 11 is 0. The van der Waals surface area contributed by atoms with Crippen LogP contribution in [0.2, 0.25) is 0 Å². The van der Waals surface area contributed by atoms with Crippen LogP contribution >= 0.6 is 0 Å². The Morgan fingerprint density at radius 1 is 1.03 bits per heavy atom.